The molecule has 25 heavy (non-hydrogen) atoms. The van der Waals surface area contributed by atoms with Gasteiger partial charge in [-0.2, -0.15) is 0 Å². The van der Waals surface area contributed by atoms with Gasteiger partial charge in [0.1, 0.15) is 17.0 Å². The fraction of sp³-hybridized carbons (Fsp3) is 0.235. The van der Waals surface area contributed by atoms with Gasteiger partial charge in [0.05, 0.1) is 11.1 Å². The van der Waals surface area contributed by atoms with Crippen LogP contribution in [0.2, 0.25) is 5.02 Å². The Morgan fingerprint density at radius 1 is 1.36 bits per heavy atom. The van der Waals surface area contributed by atoms with Crippen molar-refractivity contribution in [1.29, 1.82) is 0 Å². The van der Waals surface area contributed by atoms with E-state index in [4.69, 9.17) is 16.3 Å². The van der Waals surface area contributed by atoms with E-state index in [-0.39, 0.29) is 12.3 Å². The van der Waals surface area contributed by atoms with Crippen LogP contribution in [0.25, 0.3) is 10.2 Å². The van der Waals surface area contributed by atoms with Gasteiger partial charge in [-0.3, -0.25) is 4.79 Å². The molecular weight excluding hydrogens is 365 g/mol. The van der Waals surface area contributed by atoms with Gasteiger partial charge < -0.3 is 10.1 Å². The van der Waals surface area contributed by atoms with E-state index < -0.39 is 11.7 Å². The minimum absolute atomic E-state index is 0.0189. The molecule has 0 saturated carbocycles. The van der Waals surface area contributed by atoms with Gasteiger partial charge in [-0.15, -0.1) is 11.3 Å². The Balaban J connectivity index is 1.51. The number of carbonyl (C=O) groups excluding carboxylic acids is 1. The van der Waals surface area contributed by atoms with Crippen molar-refractivity contribution in [3.05, 3.63) is 45.8 Å². The van der Waals surface area contributed by atoms with Gasteiger partial charge in [0.15, 0.2) is 6.61 Å². The van der Waals surface area contributed by atoms with Gasteiger partial charge in [-0.1, -0.05) is 11.6 Å². The van der Waals surface area contributed by atoms with Gasteiger partial charge in [-0.25, -0.2) is 14.4 Å². The number of anilines is 1. The number of rotatable bonds is 4. The topological polar surface area (TPSA) is 64.1 Å². The number of amides is 1. The number of hydrogen-bond donors (Lipinski definition) is 1. The lowest BCUT2D eigenvalue weighted by Gasteiger charge is -2.09. The molecule has 4 rings (SSSR count). The van der Waals surface area contributed by atoms with E-state index in [9.17, 15) is 9.18 Å². The number of aromatic nitrogens is 2. The molecule has 1 N–H and O–H groups in total. The van der Waals surface area contributed by atoms with Crippen molar-refractivity contribution in [3.8, 4) is 5.88 Å². The molecule has 0 atom stereocenters. The maximum Gasteiger partial charge on any atom is 0.262 e. The first-order valence-corrected chi connectivity index (χ1v) is 8.94. The Bertz CT molecular complexity index is 976. The molecular formula is C17H13ClFN3O2S. The number of halogens is 2. The second-order valence-corrected chi connectivity index (χ2v) is 7.20. The normalized spacial score (nSPS) is 13.0. The first-order chi connectivity index (χ1) is 12.1. The third kappa shape index (κ3) is 3.17. The third-order valence-electron chi connectivity index (χ3n) is 4.01. The number of thiophene rings is 1. The molecule has 0 aliphatic heterocycles. The molecule has 2 aromatic heterocycles. The molecule has 128 valence electrons. The molecule has 2 heterocycles. The van der Waals surface area contributed by atoms with E-state index in [1.165, 1.54) is 35.0 Å². The highest BCUT2D eigenvalue weighted by Crippen LogP contribution is 2.39. The van der Waals surface area contributed by atoms with Crippen molar-refractivity contribution in [2.75, 3.05) is 11.9 Å². The van der Waals surface area contributed by atoms with Crippen LogP contribution in [0.15, 0.2) is 24.5 Å². The molecule has 0 spiro atoms. The maximum absolute atomic E-state index is 13.7. The molecule has 0 saturated heterocycles. The number of hydrogen-bond acceptors (Lipinski definition) is 5. The van der Waals surface area contributed by atoms with Crippen molar-refractivity contribution < 1.29 is 13.9 Å². The molecule has 8 heteroatoms. The second kappa shape index (κ2) is 6.57. The number of benzene rings is 1. The summed E-state index contributed by atoms with van der Waals surface area (Å²) < 4.78 is 19.3. The average molecular weight is 378 g/mol. The fourth-order valence-corrected chi connectivity index (χ4v) is 4.31. The minimum Gasteiger partial charge on any atom is -0.467 e. The van der Waals surface area contributed by atoms with Crippen LogP contribution in [0.4, 0.5) is 10.1 Å². The molecule has 1 aliphatic rings. The second-order valence-electron chi connectivity index (χ2n) is 5.68. The van der Waals surface area contributed by atoms with Crippen molar-refractivity contribution in [2.24, 2.45) is 0 Å². The summed E-state index contributed by atoms with van der Waals surface area (Å²) in [5, 5.41) is 3.68. The molecule has 1 amide bonds. The lowest BCUT2D eigenvalue weighted by Crippen LogP contribution is -2.21. The molecule has 5 nitrogen and oxygen atoms in total. The van der Waals surface area contributed by atoms with Crippen molar-refractivity contribution in [2.45, 2.75) is 19.3 Å². The SMILES string of the molecule is O=C(COc1ncnc2sc3c(c12)CCC3)Nc1cc(Cl)ccc1F. The first kappa shape index (κ1) is 16.2. The van der Waals surface area contributed by atoms with E-state index in [0.29, 0.717) is 10.9 Å². The Kier molecular flexibility index (Phi) is 4.27. The summed E-state index contributed by atoms with van der Waals surface area (Å²) in [6.45, 7) is -0.275. The lowest BCUT2D eigenvalue weighted by molar-refractivity contribution is -0.118. The number of ether oxygens (including phenoxy) is 1. The van der Waals surface area contributed by atoms with Gasteiger partial charge in [-0.05, 0) is 43.0 Å². The highest BCUT2D eigenvalue weighted by molar-refractivity contribution is 7.18. The highest BCUT2D eigenvalue weighted by atomic mass is 35.5. The summed E-state index contributed by atoms with van der Waals surface area (Å²) in [5.41, 5.74) is 1.24. The molecule has 0 fully saturated rings. The van der Waals surface area contributed by atoms with Gasteiger partial charge >= 0.3 is 0 Å². The number of nitrogens with zero attached hydrogens (tertiary/aromatic N) is 2. The monoisotopic (exact) mass is 377 g/mol. The van der Waals surface area contributed by atoms with Crippen LogP contribution in [0, 0.1) is 5.82 Å². The standard InChI is InChI=1S/C17H13ClFN3O2S/c18-9-4-5-11(19)12(6-9)22-14(23)7-24-16-15-10-2-1-3-13(10)25-17(15)21-8-20-16/h4-6,8H,1-3,7H2,(H,22,23). The lowest BCUT2D eigenvalue weighted by atomic mass is 10.2. The Morgan fingerprint density at radius 3 is 3.12 bits per heavy atom. The predicted octanol–water partition coefficient (Wildman–Crippen LogP) is 3.99. The van der Waals surface area contributed by atoms with Crippen molar-refractivity contribution in [3.63, 3.8) is 0 Å². The van der Waals surface area contributed by atoms with Gasteiger partial charge in [0.2, 0.25) is 5.88 Å². The van der Waals surface area contributed by atoms with E-state index in [1.807, 2.05) is 0 Å². The van der Waals surface area contributed by atoms with Crippen LogP contribution in [0.5, 0.6) is 5.88 Å². The number of aryl methyl sites for hydroxylation is 2. The molecule has 3 aromatic rings. The van der Waals surface area contributed by atoms with Crippen LogP contribution in [0.3, 0.4) is 0 Å². The van der Waals surface area contributed by atoms with Crippen LogP contribution in [-0.2, 0) is 17.6 Å². The smallest absolute Gasteiger partial charge is 0.262 e. The van der Waals surface area contributed by atoms with E-state index in [1.54, 1.807) is 11.3 Å². The minimum atomic E-state index is -0.558. The fourth-order valence-electron chi connectivity index (χ4n) is 2.92. The number of fused-ring (bicyclic) bond motifs is 3. The third-order valence-corrected chi connectivity index (χ3v) is 5.44. The van der Waals surface area contributed by atoms with Gasteiger partial charge in [0, 0.05) is 9.90 Å². The molecule has 0 radical (unpaired) electrons. The maximum atomic E-state index is 13.7. The summed E-state index contributed by atoms with van der Waals surface area (Å²) in [5.74, 6) is -0.649. The molecule has 0 unspecified atom stereocenters. The first-order valence-electron chi connectivity index (χ1n) is 7.75. The van der Waals surface area contributed by atoms with E-state index >= 15 is 0 Å². The largest absolute Gasteiger partial charge is 0.467 e. The Labute approximate surface area is 151 Å². The molecule has 1 aromatic carbocycles. The van der Waals surface area contributed by atoms with Crippen LogP contribution in [0.1, 0.15) is 16.9 Å². The van der Waals surface area contributed by atoms with Crippen molar-refractivity contribution >= 4 is 44.7 Å². The van der Waals surface area contributed by atoms with Crippen molar-refractivity contribution in [1.82, 2.24) is 9.97 Å². The quantitative estimate of drug-likeness (QED) is 0.746. The Hall–Kier alpha value is -2.25. The van der Waals surface area contributed by atoms with Crippen LogP contribution in [-0.4, -0.2) is 22.5 Å². The summed E-state index contributed by atoms with van der Waals surface area (Å²) in [6.07, 6.45) is 4.56. The van der Waals surface area contributed by atoms with E-state index in [0.717, 1.165) is 29.5 Å². The van der Waals surface area contributed by atoms with Crippen LogP contribution >= 0.6 is 22.9 Å². The number of nitrogens with one attached hydrogen (secondary N) is 1. The molecule has 0 bridgehead atoms. The van der Waals surface area contributed by atoms with Gasteiger partial charge in [0.25, 0.3) is 5.91 Å². The predicted molar refractivity (Wildman–Crippen MR) is 95.0 cm³/mol. The summed E-state index contributed by atoms with van der Waals surface area (Å²) >= 11 is 7.46. The zero-order valence-electron chi connectivity index (χ0n) is 13.0. The zero-order valence-corrected chi connectivity index (χ0v) is 14.6. The van der Waals surface area contributed by atoms with Crippen LogP contribution < -0.4 is 10.1 Å². The highest BCUT2D eigenvalue weighted by Gasteiger charge is 2.22. The summed E-state index contributed by atoms with van der Waals surface area (Å²) in [6, 6.07) is 3.96. The number of carbonyl (C=O) groups is 1. The summed E-state index contributed by atoms with van der Waals surface area (Å²) in [4.78, 5) is 22.7. The summed E-state index contributed by atoms with van der Waals surface area (Å²) in [7, 11) is 0. The Morgan fingerprint density at radius 2 is 2.24 bits per heavy atom. The zero-order chi connectivity index (χ0) is 17.4. The molecule has 1 aliphatic carbocycles. The average Bonchev–Trinajstić information content (AvgIpc) is 3.17. The van der Waals surface area contributed by atoms with E-state index in [2.05, 4.69) is 15.3 Å².